The number of benzene rings is 1. The molecule has 0 aliphatic carbocycles. The number of anilines is 2. The zero-order valence-corrected chi connectivity index (χ0v) is 14.0. The van der Waals surface area contributed by atoms with E-state index in [1.54, 1.807) is 17.0 Å². The molecule has 0 unspecified atom stereocenters. The van der Waals surface area contributed by atoms with Gasteiger partial charge in [0.2, 0.25) is 5.91 Å². The highest BCUT2D eigenvalue weighted by atomic mass is 19.4. The summed E-state index contributed by atoms with van der Waals surface area (Å²) in [4.78, 5) is 14.9. The molecule has 0 bridgehead atoms. The molecule has 6 nitrogen and oxygen atoms in total. The summed E-state index contributed by atoms with van der Waals surface area (Å²) in [6, 6.07) is 6.55. The van der Waals surface area contributed by atoms with Gasteiger partial charge in [-0.25, -0.2) is 0 Å². The summed E-state index contributed by atoms with van der Waals surface area (Å²) in [5.41, 5.74) is -0.448. The van der Waals surface area contributed by atoms with Crippen molar-refractivity contribution in [3.8, 4) is 12.1 Å². The maximum atomic E-state index is 13.0. The van der Waals surface area contributed by atoms with Crippen LogP contribution in [0.1, 0.15) is 12.5 Å². The van der Waals surface area contributed by atoms with E-state index < -0.39 is 11.7 Å². The average molecular weight is 363 g/mol. The minimum absolute atomic E-state index is 0.0500. The molecular formula is C17H16F3N5O. The fourth-order valence-electron chi connectivity index (χ4n) is 2.61. The normalized spacial score (nSPS) is 14.2. The number of rotatable bonds is 3. The summed E-state index contributed by atoms with van der Waals surface area (Å²) in [7, 11) is 0. The molecule has 136 valence electrons. The molecular weight excluding hydrogens is 347 g/mol. The largest absolute Gasteiger partial charge is 0.416 e. The van der Waals surface area contributed by atoms with Gasteiger partial charge in [0.25, 0.3) is 0 Å². The maximum absolute atomic E-state index is 13.0. The van der Waals surface area contributed by atoms with Crippen LogP contribution in [-0.2, 0) is 11.0 Å². The first-order valence-corrected chi connectivity index (χ1v) is 7.75. The van der Waals surface area contributed by atoms with Crippen LogP contribution < -0.4 is 10.2 Å². The molecule has 26 heavy (non-hydrogen) atoms. The number of piperazine rings is 1. The topological polar surface area (TPSA) is 83.2 Å². The SMILES string of the molecule is CC(=O)N1CCN(c2ccc(C(F)(F)F)cc2NC=C(C#N)C#N)CC1. The Balaban J connectivity index is 2.33. The number of nitriles is 2. The van der Waals surface area contributed by atoms with E-state index in [1.807, 2.05) is 4.90 Å². The molecule has 0 saturated carbocycles. The Labute approximate surface area is 148 Å². The Morgan fingerprint density at radius 1 is 1.19 bits per heavy atom. The Morgan fingerprint density at radius 2 is 1.81 bits per heavy atom. The second kappa shape index (κ2) is 7.79. The highest BCUT2D eigenvalue weighted by Gasteiger charge is 2.31. The highest BCUT2D eigenvalue weighted by molar-refractivity contribution is 5.75. The van der Waals surface area contributed by atoms with Gasteiger partial charge in [-0.15, -0.1) is 0 Å². The van der Waals surface area contributed by atoms with Gasteiger partial charge < -0.3 is 15.1 Å². The second-order valence-corrected chi connectivity index (χ2v) is 5.65. The van der Waals surface area contributed by atoms with Crippen LogP contribution in [-0.4, -0.2) is 37.0 Å². The third-order valence-corrected chi connectivity index (χ3v) is 4.00. The number of halogens is 3. The van der Waals surface area contributed by atoms with Crippen LogP contribution in [0.4, 0.5) is 24.5 Å². The highest BCUT2D eigenvalue weighted by Crippen LogP contribution is 2.36. The molecule has 0 aromatic heterocycles. The van der Waals surface area contributed by atoms with Crippen LogP contribution in [0.2, 0.25) is 0 Å². The zero-order chi connectivity index (χ0) is 19.3. The third-order valence-electron chi connectivity index (χ3n) is 4.00. The van der Waals surface area contributed by atoms with Gasteiger partial charge in [-0.05, 0) is 18.2 Å². The van der Waals surface area contributed by atoms with E-state index in [2.05, 4.69) is 5.32 Å². The average Bonchev–Trinajstić information content (AvgIpc) is 2.61. The monoisotopic (exact) mass is 363 g/mol. The number of nitrogens with zero attached hydrogens (tertiary/aromatic N) is 4. The van der Waals surface area contributed by atoms with Gasteiger partial charge in [-0.1, -0.05) is 0 Å². The van der Waals surface area contributed by atoms with Gasteiger partial charge in [-0.3, -0.25) is 4.79 Å². The van der Waals surface area contributed by atoms with Crippen molar-refractivity contribution >= 4 is 17.3 Å². The predicted octanol–water partition coefficient (Wildman–Crippen LogP) is 2.72. The Kier molecular flexibility index (Phi) is 5.73. The maximum Gasteiger partial charge on any atom is 0.416 e. The van der Waals surface area contributed by atoms with Crippen molar-refractivity contribution < 1.29 is 18.0 Å². The van der Waals surface area contributed by atoms with Crippen LogP contribution in [0.15, 0.2) is 30.0 Å². The number of carbonyl (C=O) groups is 1. The molecule has 1 heterocycles. The van der Waals surface area contributed by atoms with E-state index in [4.69, 9.17) is 10.5 Å². The quantitative estimate of drug-likeness (QED) is 0.835. The molecule has 1 aromatic rings. The predicted molar refractivity (Wildman–Crippen MR) is 88.8 cm³/mol. The van der Waals surface area contributed by atoms with Gasteiger partial charge in [0.1, 0.15) is 17.7 Å². The summed E-state index contributed by atoms with van der Waals surface area (Å²) in [5, 5.41) is 20.2. The summed E-state index contributed by atoms with van der Waals surface area (Å²) in [6.07, 6.45) is -3.44. The molecule has 0 atom stereocenters. The fraction of sp³-hybridized carbons (Fsp3) is 0.353. The Bertz CT molecular complexity index is 780. The first kappa shape index (κ1) is 19.1. The van der Waals surface area contributed by atoms with Gasteiger partial charge in [0, 0.05) is 39.3 Å². The first-order chi connectivity index (χ1) is 12.3. The lowest BCUT2D eigenvalue weighted by molar-refractivity contribution is -0.137. The van der Waals surface area contributed by atoms with Crippen molar-refractivity contribution in [2.75, 3.05) is 36.4 Å². The van der Waals surface area contributed by atoms with Gasteiger partial charge >= 0.3 is 6.18 Å². The van der Waals surface area contributed by atoms with E-state index in [9.17, 15) is 18.0 Å². The number of nitrogens with one attached hydrogen (secondary N) is 1. The van der Waals surface area contributed by atoms with E-state index in [0.29, 0.717) is 31.9 Å². The van der Waals surface area contributed by atoms with Crippen molar-refractivity contribution in [1.82, 2.24) is 4.90 Å². The van der Waals surface area contributed by atoms with Crippen molar-refractivity contribution in [1.29, 1.82) is 10.5 Å². The molecule has 0 radical (unpaired) electrons. The lowest BCUT2D eigenvalue weighted by Crippen LogP contribution is -2.48. The van der Waals surface area contributed by atoms with Crippen molar-refractivity contribution in [2.45, 2.75) is 13.1 Å². The number of carbonyl (C=O) groups excluding carboxylic acids is 1. The van der Waals surface area contributed by atoms with Crippen molar-refractivity contribution in [2.24, 2.45) is 0 Å². The number of alkyl halides is 3. The van der Waals surface area contributed by atoms with Crippen LogP contribution in [0.25, 0.3) is 0 Å². The zero-order valence-electron chi connectivity index (χ0n) is 14.0. The molecule has 1 N–H and O–H groups in total. The summed E-state index contributed by atoms with van der Waals surface area (Å²) in [6.45, 7) is 3.33. The molecule has 9 heteroatoms. The molecule has 1 aromatic carbocycles. The second-order valence-electron chi connectivity index (χ2n) is 5.65. The Hall–Kier alpha value is -3.20. The lowest BCUT2D eigenvalue weighted by atomic mass is 10.1. The molecule has 2 rings (SSSR count). The number of amides is 1. The fourth-order valence-corrected chi connectivity index (χ4v) is 2.61. The summed E-state index contributed by atoms with van der Waals surface area (Å²) >= 11 is 0. The van der Waals surface area contributed by atoms with Crippen LogP contribution in [0.3, 0.4) is 0 Å². The van der Waals surface area contributed by atoms with Gasteiger partial charge in [0.05, 0.1) is 16.9 Å². The van der Waals surface area contributed by atoms with E-state index in [0.717, 1.165) is 18.3 Å². The van der Waals surface area contributed by atoms with Crippen LogP contribution >= 0.6 is 0 Å². The van der Waals surface area contributed by atoms with Gasteiger partial charge in [0.15, 0.2) is 0 Å². The minimum atomic E-state index is -4.51. The summed E-state index contributed by atoms with van der Waals surface area (Å²) < 4.78 is 39.0. The standard InChI is InChI=1S/C17H16F3N5O/c1-12(26)24-4-6-25(7-5-24)16-3-2-14(17(18,19)20)8-15(16)23-11-13(9-21)10-22/h2-3,8,11,23H,4-7H2,1H3. The molecule has 0 spiro atoms. The van der Waals surface area contributed by atoms with E-state index in [-0.39, 0.29) is 17.2 Å². The van der Waals surface area contributed by atoms with Crippen LogP contribution in [0, 0.1) is 22.7 Å². The molecule has 1 aliphatic heterocycles. The van der Waals surface area contributed by atoms with Crippen molar-refractivity contribution in [3.63, 3.8) is 0 Å². The first-order valence-electron chi connectivity index (χ1n) is 7.75. The molecule has 1 aliphatic rings. The summed E-state index contributed by atoms with van der Waals surface area (Å²) in [5.74, 6) is -0.0500. The number of hydrogen-bond acceptors (Lipinski definition) is 5. The van der Waals surface area contributed by atoms with Gasteiger partial charge in [-0.2, -0.15) is 23.7 Å². The van der Waals surface area contributed by atoms with E-state index >= 15 is 0 Å². The van der Waals surface area contributed by atoms with Crippen molar-refractivity contribution in [3.05, 3.63) is 35.5 Å². The molecule has 1 fully saturated rings. The minimum Gasteiger partial charge on any atom is -0.366 e. The smallest absolute Gasteiger partial charge is 0.366 e. The van der Waals surface area contributed by atoms with Crippen LogP contribution in [0.5, 0.6) is 0 Å². The number of hydrogen-bond donors (Lipinski definition) is 1. The number of allylic oxidation sites excluding steroid dienone is 1. The van der Waals surface area contributed by atoms with E-state index in [1.165, 1.54) is 13.0 Å². The Morgan fingerprint density at radius 3 is 2.31 bits per heavy atom. The molecule has 1 amide bonds. The molecule has 1 saturated heterocycles. The third kappa shape index (κ3) is 4.45. The lowest BCUT2D eigenvalue weighted by Gasteiger charge is -2.36.